The molecular formula is C14H20O3. The molecule has 1 unspecified atom stereocenters. The fourth-order valence-corrected chi connectivity index (χ4v) is 1.87. The molecule has 0 heterocycles. The minimum absolute atomic E-state index is 0.199. The van der Waals surface area contributed by atoms with Gasteiger partial charge in [-0.3, -0.25) is 0 Å². The molecule has 0 saturated heterocycles. The van der Waals surface area contributed by atoms with E-state index in [1.807, 2.05) is 19.9 Å². The number of aliphatic hydroxyl groups is 1. The van der Waals surface area contributed by atoms with Gasteiger partial charge in [0.25, 0.3) is 0 Å². The van der Waals surface area contributed by atoms with E-state index in [2.05, 4.69) is 0 Å². The summed E-state index contributed by atoms with van der Waals surface area (Å²) in [6.45, 7) is 5.94. The predicted molar refractivity (Wildman–Crippen MR) is 66.4 cm³/mol. The molecule has 0 amide bonds. The zero-order valence-corrected chi connectivity index (χ0v) is 10.6. The van der Waals surface area contributed by atoms with Crippen LogP contribution in [0.1, 0.15) is 32.8 Å². The summed E-state index contributed by atoms with van der Waals surface area (Å²) in [6, 6.07) is 8.96. The molecule has 0 spiro atoms. The molecule has 1 atom stereocenters. The zero-order chi connectivity index (χ0) is 12.9. The van der Waals surface area contributed by atoms with E-state index in [0.29, 0.717) is 12.0 Å². The number of esters is 1. The van der Waals surface area contributed by atoms with Gasteiger partial charge in [-0.05, 0) is 24.8 Å². The summed E-state index contributed by atoms with van der Waals surface area (Å²) in [4.78, 5) is 11.9. The van der Waals surface area contributed by atoms with Crippen LogP contribution in [0.5, 0.6) is 0 Å². The highest BCUT2D eigenvalue weighted by Crippen LogP contribution is 2.30. The van der Waals surface area contributed by atoms with Crippen molar-refractivity contribution in [2.24, 2.45) is 5.92 Å². The van der Waals surface area contributed by atoms with Gasteiger partial charge in [0.05, 0.1) is 6.61 Å². The standard InChI is InChI=1S/C14H20O3/c1-4-17-13(15)14(16,10-11(2)3)12-8-6-5-7-9-12/h5-9,11,16H,4,10H2,1-3H3. The van der Waals surface area contributed by atoms with Crippen molar-refractivity contribution in [3.63, 3.8) is 0 Å². The van der Waals surface area contributed by atoms with E-state index in [1.54, 1.807) is 31.2 Å². The summed E-state index contributed by atoms with van der Waals surface area (Å²) in [6.07, 6.45) is 0.357. The minimum atomic E-state index is -1.54. The molecule has 1 aromatic carbocycles. The molecular weight excluding hydrogens is 216 g/mol. The Hall–Kier alpha value is -1.35. The van der Waals surface area contributed by atoms with E-state index in [-0.39, 0.29) is 12.5 Å². The number of carbonyl (C=O) groups is 1. The monoisotopic (exact) mass is 236 g/mol. The van der Waals surface area contributed by atoms with Crippen LogP contribution in [-0.4, -0.2) is 17.7 Å². The minimum Gasteiger partial charge on any atom is -0.464 e. The molecule has 0 radical (unpaired) electrons. The highest BCUT2D eigenvalue weighted by atomic mass is 16.5. The van der Waals surface area contributed by atoms with Gasteiger partial charge in [0.1, 0.15) is 0 Å². The van der Waals surface area contributed by atoms with Crippen molar-refractivity contribution in [2.75, 3.05) is 6.61 Å². The Morgan fingerprint density at radius 3 is 2.41 bits per heavy atom. The molecule has 3 nitrogen and oxygen atoms in total. The maximum absolute atomic E-state index is 11.9. The fraction of sp³-hybridized carbons (Fsp3) is 0.500. The molecule has 0 fully saturated rings. The highest BCUT2D eigenvalue weighted by Gasteiger charge is 2.39. The molecule has 1 N–H and O–H groups in total. The largest absolute Gasteiger partial charge is 0.464 e. The van der Waals surface area contributed by atoms with Crippen molar-refractivity contribution in [1.29, 1.82) is 0 Å². The lowest BCUT2D eigenvalue weighted by atomic mass is 9.86. The van der Waals surface area contributed by atoms with Gasteiger partial charge in [0, 0.05) is 0 Å². The lowest BCUT2D eigenvalue weighted by Gasteiger charge is -2.27. The van der Waals surface area contributed by atoms with E-state index >= 15 is 0 Å². The summed E-state index contributed by atoms with van der Waals surface area (Å²) in [5.41, 5.74) is -0.946. The van der Waals surface area contributed by atoms with Crippen LogP contribution < -0.4 is 0 Å². The third kappa shape index (κ3) is 3.30. The van der Waals surface area contributed by atoms with Crippen LogP contribution in [0.4, 0.5) is 0 Å². The second-order valence-electron chi connectivity index (χ2n) is 4.54. The smallest absolute Gasteiger partial charge is 0.342 e. The second kappa shape index (κ2) is 5.82. The molecule has 0 aliphatic heterocycles. The van der Waals surface area contributed by atoms with E-state index in [4.69, 9.17) is 4.74 Å². The number of carbonyl (C=O) groups excluding carboxylic acids is 1. The van der Waals surface area contributed by atoms with Crippen LogP contribution in [0, 0.1) is 5.92 Å². The summed E-state index contributed by atoms with van der Waals surface area (Å²) in [5.74, 6) is -0.371. The number of hydrogen-bond acceptors (Lipinski definition) is 3. The maximum atomic E-state index is 11.9. The number of hydrogen-bond donors (Lipinski definition) is 1. The Balaban J connectivity index is 3.06. The Labute approximate surface area is 102 Å². The number of ether oxygens (including phenoxy) is 1. The van der Waals surface area contributed by atoms with Crippen LogP contribution in [0.15, 0.2) is 30.3 Å². The lowest BCUT2D eigenvalue weighted by molar-refractivity contribution is -0.168. The first-order valence-electron chi connectivity index (χ1n) is 5.95. The van der Waals surface area contributed by atoms with Crippen LogP contribution in [0.2, 0.25) is 0 Å². The molecule has 1 rings (SSSR count). The van der Waals surface area contributed by atoms with Gasteiger partial charge in [-0.15, -0.1) is 0 Å². The fourth-order valence-electron chi connectivity index (χ4n) is 1.87. The van der Waals surface area contributed by atoms with Gasteiger partial charge in [-0.1, -0.05) is 44.2 Å². The molecule has 17 heavy (non-hydrogen) atoms. The molecule has 3 heteroatoms. The Kier molecular flexibility index (Phi) is 4.70. The zero-order valence-electron chi connectivity index (χ0n) is 10.6. The van der Waals surface area contributed by atoms with Crippen molar-refractivity contribution < 1.29 is 14.6 Å². The van der Waals surface area contributed by atoms with Crippen LogP contribution in [0.25, 0.3) is 0 Å². The Morgan fingerprint density at radius 1 is 1.35 bits per heavy atom. The van der Waals surface area contributed by atoms with Crippen molar-refractivity contribution in [2.45, 2.75) is 32.8 Å². The molecule has 0 bridgehead atoms. The Morgan fingerprint density at radius 2 is 1.94 bits per heavy atom. The van der Waals surface area contributed by atoms with E-state index in [1.165, 1.54) is 0 Å². The summed E-state index contributed by atoms with van der Waals surface area (Å²) in [5, 5.41) is 10.6. The van der Waals surface area contributed by atoms with Crippen LogP contribution >= 0.6 is 0 Å². The van der Waals surface area contributed by atoms with E-state index in [0.717, 1.165) is 0 Å². The quantitative estimate of drug-likeness (QED) is 0.799. The normalized spacial score (nSPS) is 14.4. The number of benzene rings is 1. The molecule has 0 saturated carbocycles. The third-order valence-electron chi connectivity index (χ3n) is 2.57. The van der Waals surface area contributed by atoms with Crippen molar-refractivity contribution in [1.82, 2.24) is 0 Å². The Bertz CT molecular complexity index is 359. The molecule has 0 aromatic heterocycles. The van der Waals surface area contributed by atoms with Crippen LogP contribution in [-0.2, 0) is 15.1 Å². The average Bonchev–Trinajstić information content (AvgIpc) is 2.29. The van der Waals surface area contributed by atoms with Crippen molar-refractivity contribution in [3.05, 3.63) is 35.9 Å². The number of rotatable bonds is 5. The average molecular weight is 236 g/mol. The molecule has 0 aliphatic carbocycles. The third-order valence-corrected chi connectivity index (χ3v) is 2.57. The van der Waals surface area contributed by atoms with Gasteiger partial charge in [0.2, 0.25) is 0 Å². The molecule has 94 valence electrons. The van der Waals surface area contributed by atoms with Gasteiger partial charge < -0.3 is 9.84 Å². The predicted octanol–water partition coefficient (Wildman–Crippen LogP) is 2.48. The molecule has 0 aliphatic rings. The van der Waals surface area contributed by atoms with Gasteiger partial charge in [0.15, 0.2) is 5.60 Å². The first-order valence-corrected chi connectivity index (χ1v) is 5.95. The summed E-state index contributed by atoms with van der Waals surface area (Å²) >= 11 is 0. The summed E-state index contributed by atoms with van der Waals surface area (Å²) in [7, 11) is 0. The highest BCUT2D eigenvalue weighted by molar-refractivity contribution is 5.81. The SMILES string of the molecule is CCOC(=O)C(O)(CC(C)C)c1ccccc1. The lowest BCUT2D eigenvalue weighted by Crippen LogP contribution is -2.38. The van der Waals surface area contributed by atoms with Gasteiger partial charge in [-0.2, -0.15) is 0 Å². The van der Waals surface area contributed by atoms with Crippen molar-refractivity contribution in [3.8, 4) is 0 Å². The maximum Gasteiger partial charge on any atom is 0.342 e. The van der Waals surface area contributed by atoms with E-state index in [9.17, 15) is 9.90 Å². The van der Waals surface area contributed by atoms with Gasteiger partial charge >= 0.3 is 5.97 Å². The first kappa shape index (κ1) is 13.7. The van der Waals surface area contributed by atoms with Crippen LogP contribution in [0.3, 0.4) is 0 Å². The first-order chi connectivity index (χ1) is 8.00. The molecule has 1 aromatic rings. The van der Waals surface area contributed by atoms with Gasteiger partial charge in [-0.25, -0.2) is 4.79 Å². The second-order valence-corrected chi connectivity index (χ2v) is 4.54. The van der Waals surface area contributed by atoms with Crippen molar-refractivity contribution >= 4 is 5.97 Å². The topological polar surface area (TPSA) is 46.5 Å². The van der Waals surface area contributed by atoms with E-state index < -0.39 is 11.6 Å². The summed E-state index contributed by atoms with van der Waals surface area (Å²) < 4.78 is 4.97.